The highest BCUT2D eigenvalue weighted by atomic mass is 19.1. The van der Waals surface area contributed by atoms with Crippen LogP contribution in [0.4, 0.5) is 4.39 Å². The van der Waals surface area contributed by atoms with Crippen LogP contribution < -0.4 is 0 Å². The number of halogens is 1. The van der Waals surface area contributed by atoms with Crippen molar-refractivity contribution in [1.29, 1.82) is 0 Å². The fourth-order valence-corrected chi connectivity index (χ4v) is 2.54. The largest absolute Gasteiger partial charge is 0.306 e. The van der Waals surface area contributed by atoms with E-state index in [1.54, 1.807) is 27.8 Å². The van der Waals surface area contributed by atoms with E-state index in [4.69, 9.17) is 0 Å². The van der Waals surface area contributed by atoms with E-state index in [0.29, 0.717) is 6.42 Å². The number of nitrogens with zero attached hydrogens (tertiary/aromatic N) is 7. The molecule has 4 rings (SSSR count). The van der Waals surface area contributed by atoms with Crippen molar-refractivity contribution in [3.05, 3.63) is 54.6 Å². The number of hydrogen-bond donors (Lipinski definition) is 0. The lowest BCUT2D eigenvalue weighted by Gasteiger charge is -2.04. The Bertz CT molecular complexity index is 965. The summed E-state index contributed by atoms with van der Waals surface area (Å²) in [7, 11) is 1.86. The predicted octanol–water partition coefficient (Wildman–Crippen LogP) is 1.84. The maximum absolute atomic E-state index is 12.9. The minimum absolute atomic E-state index is 0.509. The van der Waals surface area contributed by atoms with Crippen LogP contribution in [-0.2, 0) is 20.3 Å². The molecule has 4 aromatic rings. The van der Waals surface area contributed by atoms with Gasteiger partial charge < -0.3 is 4.57 Å². The lowest BCUT2D eigenvalue weighted by Crippen LogP contribution is -2.04. The van der Waals surface area contributed by atoms with Gasteiger partial charge in [0.25, 0.3) is 0 Å². The first-order valence-corrected chi connectivity index (χ1v) is 7.12. The highest BCUT2D eigenvalue weighted by Crippen LogP contribution is 2.18. The molecule has 116 valence electrons. The average molecular weight is 311 g/mol. The number of fused-ring (bicyclic) bond motifs is 1. The summed E-state index contributed by atoms with van der Waals surface area (Å²) in [5.41, 5.74) is 4.15. The molecular weight excluding hydrogens is 297 g/mol. The van der Waals surface area contributed by atoms with Crippen LogP contribution in [0.2, 0.25) is 0 Å². The van der Waals surface area contributed by atoms with E-state index < -0.39 is 6.80 Å². The van der Waals surface area contributed by atoms with Gasteiger partial charge in [-0.1, -0.05) is 0 Å². The Balaban J connectivity index is 1.75. The van der Waals surface area contributed by atoms with Crippen LogP contribution in [0.25, 0.3) is 16.9 Å². The maximum Gasteiger partial charge on any atom is 0.166 e. The number of imidazole rings is 2. The van der Waals surface area contributed by atoms with Gasteiger partial charge in [0.15, 0.2) is 12.4 Å². The maximum atomic E-state index is 12.9. The van der Waals surface area contributed by atoms with E-state index in [2.05, 4.69) is 20.2 Å². The molecule has 4 aromatic heterocycles. The van der Waals surface area contributed by atoms with Crippen LogP contribution in [0.3, 0.4) is 0 Å². The molecule has 0 spiro atoms. The Kier molecular flexibility index (Phi) is 3.14. The topological polar surface area (TPSA) is 65.8 Å². The zero-order chi connectivity index (χ0) is 15.8. The standard InChI is InChI=1S/C15H14FN7/c1-21-8-11(5-19-21)14-2-3-15-18-7-13(23(15)20-14)4-12-6-17-10-22(12)9-16/h2-3,5-8,10H,4,9H2,1H3. The molecule has 4 heterocycles. The first-order valence-electron chi connectivity index (χ1n) is 7.12. The molecule has 8 heteroatoms. The van der Waals surface area contributed by atoms with Gasteiger partial charge in [0.2, 0.25) is 0 Å². The van der Waals surface area contributed by atoms with Gasteiger partial charge in [0.05, 0.1) is 30.1 Å². The average Bonchev–Trinajstić information content (AvgIpc) is 3.28. The molecule has 0 aliphatic carbocycles. The molecule has 0 aromatic carbocycles. The Morgan fingerprint density at radius 3 is 2.83 bits per heavy atom. The van der Waals surface area contributed by atoms with Gasteiger partial charge >= 0.3 is 0 Å². The predicted molar refractivity (Wildman–Crippen MR) is 81.3 cm³/mol. The summed E-state index contributed by atoms with van der Waals surface area (Å²) in [6, 6.07) is 3.82. The molecular formula is C15H14FN7. The van der Waals surface area contributed by atoms with Crippen LogP contribution in [0.5, 0.6) is 0 Å². The Hall–Kier alpha value is -3.03. The summed E-state index contributed by atoms with van der Waals surface area (Å²) in [6.07, 6.45) is 9.07. The summed E-state index contributed by atoms with van der Waals surface area (Å²) in [6.45, 7) is -0.597. The Labute approximate surface area is 131 Å². The van der Waals surface area contributed by atoms with Gasteiger partial charge in [-0.25, -0.2) is 18.9 Å². The second-order valence-electron chi connectivity index (χ2n) is 5.29. The molecule has 0 saturated heterocycles. The van der Waals surface area contributed by atoms with Gasteiger partial charge in [-0.2, -0.15) is 10.2 Å². The molecule has 0 saturated carbocycles. The van der Waals surface area contributed by atoms with Gasteiger partial charge in [-0.05, 0) is 12.1 Å². The summed E-state index contributed by atoms with van der Waals surface area (Å²) in [5, 5.41) is 8.80. The highest BCUT2D eigenvalue weighted by Gasteiger charge is 2.11. The zero-order valence-corrected chi connectivity index (χ0v) is 12.5. The number of rotatable bonds is 4. The molecule has 0 bridgehead atoms. The minimum Gasteiger partial charge on any atom is -0.306 e. The van der Waals surface area contributed by atoms with E-state index in [1.165, 1.54) is 10.9 Å². The van der Waals surface area contributed by atoms with E-state index >= 15 is 0 Å². The van der Waals surface area contributed by atoms with Crippen LogP contribution in [0.1, 0.15) is 11.4 Å². The fraction of sp³-hybridized carbons (Fsp3) is 0.200. The quantitative estimate of drug-likeness (QED) is 0.577. The van der Waals surface area contributed by atoms with E-state index in [-0.39, 0.29) is 0 Å². The van der Waals surface area contributed by atoms with Crippen molar-refractivity contribution in [2.24, 2.45) is 7.05 Å². The van der Waals surface area contributed by atoms with E-state index in [9.17, 15) is 4.39 Å². The monoisotopic (exact) mass is 311 g/mol. The van der Waals surface area contributed by atoms with Crippen molar-refractivity contribution < 1.29 is 4.39 Å². The molecule has 0 amide bonds. The first kappa shape index (κ1) is 13.6. The molecule has 0 N–H and O–H groups in total. The SMILES string of the molecule is Cn1cc(-c2ccc3ncc(Cc4cncn4CF)n3n2)cn1. The van der Waals surface area contributed by atoms with Crippen LogP contribution >= 0.6 is 0 Å². The van der Waals surface area contributed by atoms with E-state index in [0.717, 1.165) is 28.3 Å². The Morgan fingerprint density at radius 1 is 1.13 bits per heavy atom. The van der Waals surface area contributed by atoms with Gasteiger partial charge in [-0.3, -0.25) is 4.68 Å². The van der Waals surface area contributed by atoms with Gasteiger partial charge in [-0.15, -0.1) is 0 Å². The van der Waals surface area contributed by atoms with Crippen molar-refractivity contribution in [1.82, 2.24) is 33.9 Å². The van der Waals surface area contributed by atoms with Crippen LogP contribution in [0.15, 0.2) is 43.2 Å². The van der Waals surface area contributed by atoms with Crippen molar-refractivity contribution in [3.8, 4) is 11.3 Å². The molecule has 23 heavy (non-hydrogen) atoms. The fourth-order valence-electron chi connectivity index (χ4n) is 2.54. The highest BCUT2D eigenvalue weighted by molar-refractivity contribution is 5.58. The van der Waals surface area contributed by atoms with Gasteiger partial charge in [0.1, 0.15) is 0 Å². The second-order valence-corrected chi connectivity index (χ2v) is 5.29. The summed E-state index contributed by atoms with van der Waals surface area (Å²) >= 11 is 0. The van der Waals surface area contributed by atoms with Crippen LogP contribution in [-0.4, -0.2) is 33.9 Å². The molecule has 0 atom stereocenters. The summed E-state index contributed by atoms with van der Waals surface area (Å²) < 4.78 is 17.9. The van der Waals surface area contributed by atoms with Gasteiger partial charge in [0, 0.05) is 37.1 Å². The third-order valence-electron chi connectivity index (χ3n) is 3.72. The summed E-state index contributed by atoms with van der Waals surface area (Å²) in [5.74, 6) is 0. The van der Waals surface area contributed by atoms with Crippen molar-refractivity contribution >= 4 is 5.65 Å². The van der Waals surface area contributed by atoms with Crippen molar-refractivity contribution in [2.75, 3.05) is 0 Å². The molecule has 0 radical (unpaired) electrons. The number of alkyl halides is 1. The number of aryl methyl sites for hydroxylation is 1. The second kappa shape index (κ2) is 5.31. The molecule has 0 fully saturated rings. The lowest BCUT2D eigenvalue weighted by atomic mass is 10.2. The third kappa shape index (κ3) is 2.37. The molecule has 0 unspecified atom stereocenters. The summed E-state index contributed by atoms with van der Waals surface area (Å²) in [4.78, 5) is 8.33. The lowest BCUT2D eigenvalue weighted by molar-refractivity contribution is 0.370. The number of hydrogen-bond acceptors (Lipinski definition) is 4. The van der Waals surface area contributed by atoms with Crippen molar-refractivity contribution in [3.63, 3.8) is 0 Å². The zero-order valence-electron chi connectivity index (χ0n) is 12.5. The third-order valence-corrected chi connectivity index (χ3v) is 3.72. The normalized spacial score (nSPS) is 11.4. The van der Waals surface area contributed by atoms with E-state index in [1.807, 2.05) is 25.4 Å². The first-order chi connectivity index (χ1) is 11.2. The van der Waals surface area contributed by atoms with Crippen molar-refractivity contribution in [2.45, 2.75) is 13.2 Å². The Morgan fingerprint density at radius 2 is 2.04 bits per heavy atom. The molecule has 0 aliphatic rings. The number of aromatic nitrogens is 7. The smallest absolute Gasteiger partial charge is 0.166 e. The minimum atomic E-state index is -0.597. The molecule has 0 aliphatic heterocycles. The molecule has 7 nitrogen and oxygen atoms in total. The van der Waals surface area contributed by atoms with Crippen LogP contribution in [0, 0.1) is 0 Å².